The van der Waals surface area contributed by atoms with Crippen LogP contribution in [0.5, 0.6) is 0 Å². The lowest BCUT2D eigenvalue weighted by atomic mass is 10.0. The van der Waals surface area contributed by atoms with Crippen molar-refractivity contribution in [2.75, 3.05) is 11.9 Å². The first kappa shape index (κ1) is 16.7. The normalized spacial score (nSPS) is 12.8. The Labute approximate surface area is 121 Å². The summed E-state index contributed by atoms with van der Waals surface area (Å²) in [6.45, 7) is 10.9. The van der Waals surface area contributed by atoms with E-state index in [2.05, 4.69) is 31.2 Å². The number of aryl methyl sites for hydroxylation is 1. The number of carbonyl (C=O) groups excluding carboxylic acids is 1. The Morgan fingerprint density at radius 2 is 1.95 bits per heavy atom. The molecule has 20 heavy (non-hydrogen) atoms. The summed E-state index contributed by atoms with van der Waals surface area (Å²) >= 11 is 0. The average molecular weight is 280 g/mol. The van der Waals surface area contributed by atoms with Gasteiger partial charge >= 0.3 is 0 Å². The van der Waals surface area contributed by atoms with Crippen molar-refractivity contribution < 1.29 is 4.79 Å². The minimum Gasteiger partial charge on any atom is -0.330 e. The van der Waals surface area contributed by atoms with Gasteiger partial charge in [-0.2, -0.15) is 5.10 Å². The quantitative estimate of drug-likeness (QED) is 0.806. The smallest absolute Gasteiger partial charge is 0.224 e. The van der Waals surface area contributed by atoms with Gasteiger partial charge in [0.25, 0.3) is 0 Å². The lowest BCUT2D eigenvalue weighted by Gasteiger charge is -2.11. The fraction of sp³-hybridized carbons (Fsp3) is 0.733. The molecule has 1 atom stereocenters. The third-order valence-electron chi connectivity index (χ3n) is 3.60. The molecule has 1 unspecified atom stereocenters. The number of nitrogens with zero attached hydrogens (tertiary/aromatic N) is 2. The van der Waals surface area contributed by atoms with Gasteiger partial charge in [0.2, 0.25) is 5.91 Å². The van der Waals surface area contributed by atoms with Crippen LogP contribution in [0.25, 0.3) is 0 Å². The van der Waals surface area contributed by atoms with Gasteiger partial charge in [0.1, 0.15) is 0 Å². The third-order valence-corrected chi connectivity index (χ3v) is 3.60. The molecule has 1 rings (SSSR count). The van der Waals surface area contributed by atoms with Gasteiger partial charge in [0.05, 0.1) is 17.1 Å². The lowest BCUT2D eigenvalue weighted by molar-refractivity contribution is -0.116. The van der Waals surface area contributed by atoms with Gasteiger partial charge in [-0.1, -0.05) is 6.92 Å². The first-order valence-corrected chi connectivity index (χ1v) is 7.42. The van der Waals surface area contributed by atoms with Crippen molar-refractivity contribution in [1.82, 2.24) is 9.78 Å². The summed E-state index contributed by atoms with van der Waals surface area (Å²) in [7, 11) is 0. The summed E-state index contributed by atoms with van der Waals surface area (Å²) in [4.78, 5) is 12.0. The van der Waals surface area contributed by atoms with Crippen molar-refractivity contribution >= 4 is 11.6 Å². The van der Waals surface area contributed by atoms with E-state index in [4.69, 9.17) is 5.73 Å². The fourth-order valence-corrected chi connectivity index (χ4v) is 2.35. The molecule has 1 heterocycles. The minimum absolute atomic E-state index is 0.0587. The van der Waals surface area contributed by atoms with Crippen LogP contribution in [0.4, 0.5) is 5.69 Å². The van der Waals surface area contributed by atoms with Gasteiger partial charge < -0.3 is 11.1 Å². The highest BCUT2D eigenvalue weighted by Gasteiger charge is 2.15. The monoisotopic (exact) mass is 280 g/mol. The highest BCUT2D eigenvalue weighted by Crippen LogP contribution is 2.23. The molecule has 0 fully saturated rings. The predicted octanol–water partition coefficient (Wildman–Crippen LogP) is 2.78. The molecule has 3 N–H and O–H groups in total. The Morgan fingerprint density at radius 3 is 2.45 bits per heavy atom. The number of nitrogens with two attached hydrogens (primary N) is 1. The van der Waals surface area contributed by atoms with Crippen molar-refractivity contribution in [2.45, 2.75) is 59.9 Å². The van der Waals surface area contributed by atoms with Crippen LogP contribution in [0.3, 0.4) is 0 Å². The first-order valence-electron chi connectivity index (χ1n) is 7.42. The summed E-state index contributed by atoms with van der Waals surface area (Å²) in [5.74, 6) is 0.551. The van der Waals surface area contributed by atoms with Crippen molar-refractivity contribution in [1.29, 1.82) is 0 Å². The number of hydrogen-bond acceptors (Lipinski definition) is 3. The maximum Gasteiger partial charge on any atom is 0.224 e. The average Bonchev–Trinajstić information content (AvgIpc) is 2.65. The molecule has 5 nitrogen and oxygen atoms in total. The summed E-state index contributed by atoms with van der Waals surface area (Å²) < 4.78 is 1.95. The summed E-state index contributed by atoms with van der Waals surface area (Å²) in [6, 6.07) is 0.295. The Balaban J connectivity index is 2.62. The number of carbonyl (C=O) groups is 1. The molecule has 5 heteroatoms. The fourth-order valence-electron chi connectivity index (χ4n) is 2.35. The van der Waals surface area contributed by atoms with Gasteiger partial charge in [-0.3, -0.25) is 9.48 Å². The van der Waals surface area contributed by atoms with E-state index in [0.29, 0.717) is 24.9 Å². The molecular formula is C15H28N4O. The van der Waals surface area contributed by atoms with Crippen LogP contribution in [0.2, 0.25) is 0 Å². The van der Waals surface area contributed by atoms with E-state index in [-0.39, 0.29) is 5.91 Å². The van der Waals surface area contributed by atoms with Crippen LogP contribution in [-0.2, 0) is 4.79 Å². The zero-order chi connectivity index (χ0) is 15.3. The summed E-state index contributed by atoms with van der Waals surface area (Å²) in [5.41, 5.74) is 8.26. The van der Waals surface area contributed by atoms with Crippen LogP contribution in [0.1, 0.15) is 57.5 Å². The van der Waals surface area contributed by atoms with Crippen LogP contribution in [-0.4, -0.2) is 22.2 Å². The van der Waals surface area contributed by atoms with Crippen molar-refractivity contribution in [3.05, 3.63) is 11.4 Å². The van der Waals surface area contributed by atoms with Gasteiger partial charge in [0, 0.05) is 12.5 Å². The molecule has 114 valence electrons. The zero-order valence-electron chi connectivity index (χ0n) is 13.4. The van der Waals surface area contributed by atoms with E-state index in [1.54, 1.807) is 0 Å². The van der Waals surface area contributed by atoms with E-state index in [9.17, 15) is 4.79 Å². The van der Waals surface area contributed by atoms with Crippen LogP contribution < -0.4 is 11.1 Å². The molecule has 0 saturated heterocycles. The molecule has 0 spiro atoms. The maximum absolute atomic E-state index is 12.0. The minimum atomic E-state index is 0.0587. The number of aromatic nitrogens is 2. The van der Waals surface area contributed by atoms with Crippen LogP contribution in [0, 0.1) is 19.8 Å². The summed E-state index contributed by atoms with van der Waals surface area (Å²) in [5, 5.41) is 7.47. The van der Waals surface area contributed by atoms with Crippen LogP contribution in [0.15, 0.2) is 0 Å². The van der Waals surface area contributed by atoms with Crippen molar-refractivity contribution in [2.24, 2.45) is 11.7 Å². The largest absolute Gasteiger partial charge is 0.330 e. The number of anilines is 1. The Morgan fingerprint density at radius 1 is 1.30 bits per heavy atom. The maximum atomic E-state index is 12.0. The predicted molar refractivity (Wildman–Crippen MR) is 82.8 cm³/mol. The number of rotatable bonds is 7. The second-order valence-corrected chi connectivity index (χ2v) is 5.85. The summed E-state index contributed by atoms with van der Waals surface area (Å²) in [6.07, 6.45) is 2.38. The molecule has 1 aromatic heterocycles. The van der Waals surface area contributed by atoms with E-state index in [0.717, 1.165) is 29.9 Å². The molecule has 0 saturated carbocycles. The molecule has 0 bridgehead atoms. The molecule has 0 aliphatic rings. The van der Waals surface area contributed by atoms with E-state index < -0.39 is 0 Å². The van der Waals surface area contributed by atoms with Gasteiger partial charge in [0.15, 0.2) is 0 Å². The second kappa shape index (κ2) is 7.43. The van der Waals surface area contributed by atoms with E-state index in [1.165, 1.54) is 0 Å². The topological polar surface area (TPSA) is 72.9 Å². The Bertz CT molecular complexity index is 451. The lowest BCUT2D eigenvalue weighted by Crippen LogP contribution is -2.15. The SMILES string of the molecule is Cc1nn(C(C)C)c(C)c1NC(=O)CCC(C)CCN. The van der Waals surface area contributed by atoms with Gasteiger partial charge in [-0.05, 0) is 53.0 Å². The van der Waals surface area contributed by atoms with Gasteiger partial charge in [-0.25, -0.2) is 0 Å². The molecule has 0 radical (unpaired) electrons. The van der Waals surface area contributed by atoms with Crippen LogP contribution >= 0.6 is 0 Å². The first-order chi connectivity index (χ1) is 9.36. The highest BCUT2D eigenvalue weighted by atomic mass is 16.1. The molecule has 0 aromatic carbocycles. The Kier molecular flexibility index (Phi) is 6.20. The van der Waals surface area contributed by atoms with Crippen molar-refractivity contribution in [3.63, 3.8) is 0 Å². The van der Waals surface area contributed by atoms with E-state index >= 15 is 0 Å². The molecule has 1 aromatic rings. The highest BCUT2D eigenvalue weighted by molar-refractivity contribution is 5.91. The van der Waals surface area contributed by atoms with Crippen molar-refractivity contribution in [3.8, 4) is 0 Å². The molecular weight excluding hydrogens is 252 g/mol. The molecule has 0 aliphatic carbocycles. The number of hydrogen-bond donors (Lipinski definition) is 2. The standard InChI is InChI=1S/C15H28N4O/c1-10(2)19-13(5)15(12(4)18-19)17-14(20)7-6-11(3)8-9-16/h10-11H,6-9,16H2,1-5H3,(H,17,20). The number of amides is 1. The molecule has 0 aliphatic heterocycles. The molecule has 1 amide bonds. The number of nitrogens with one attached hydrogen (secondary N) is 1. The third kappa shape index (κ3) is 4.34. The van der Waals surface area contributed by atoms with E-state index in [1.807, 2.05) is 18.5 Å². The second-order valence-electron chi connectivity index (χ2n) is 5.85. The Hall–Kier alpha value is -1.36. The van der Waals surface area contributed by atoms with Gasteiger partial charge in [-0.15, -0.1) is 0 Å². The zero-order valence-corrected chi connectivity index (χ0v) is 13.4.